The molecule has 0 saturated heterocycles. The van der Waals surface area contributed by atoms with Crippen molar-refractivity contribution in [3.63, 3.8) is 0 Å². The van der Waals surface area contributed by atoms with Gasteiger partial charge in [0, 0.05) is 11.6 Å². The summed E-state index contributed by atoms with van der Waals surface area (Å²) >= 11 is 0. The van der Waals surface area contributed by atoms with Crippen molar-refractivity contribution < 1.29 is 19.4 Å². The molecule has 0 radical (unpaired) electrons. The van der Waals surface area contributed by atoms with Gasteiger partial charge >= 0.3 is 11.4 Å². The first-order valence-electron chi connectivity index (χ1n) is 6.40. The summed E-state index contributed by atoms with van der Waals surface area (Å²) in [5.41, 5.74) is 8.00. The Morgan fingerprint density at radius 3 is 1.92 bits per heavy atom. The number of amides is 2. The van der Waals surface area contributed by atoms with Crippen LogP contribution in [0.5, 0.6) is 0 Å². The molecule has 0 bridgehead atoms. The van der Waals surface area contributed by atoms with Gasteiger partial charge in [-0.15, -0.1) is 0 Å². The molecule has 0 spiro atoms. The SMILES string of the molecule is NC(=O)c1cccc(-c2cccc([N+](=O)[O-])c2[N+](=O)[O-])c1C(N)=O. The van der Waals surface area contributed by atoms with E-state index in [1.165, 1.54) is 30.3 Å². The van der Waals surface area contributed by atoms with Crippen molar-refractivity contribution in [2.75, 3.05) is 0 Å². The number of nitrogens with zero attached hydrogens (tertiary/aromatic N) is 2. The Hall–Kier alpha value is -3.82. The van der Waals surface area contributed by atoms with Crippen molar-refractivity contribution in [1.29, 1.82) is 0 Å². The van der Waals surface area contributed by atoms with Crippen molar-refractivity contribution >= 4 is 23.2 Å². The average molecular weight is 330 g/mol. The van der Waals surface area contributed by atoms with Gasteiger partial charge < -0.3 is 11.5 Å². The molecule has 4 N–H and O–H groups in total. The van der Waals surface area contributed by atoms with E-state index < -0.39 is 33.0 Å². The summed E-state index contributed by atoms with van der Waals surface area (Å²) in [7, 11) is 0. The van der Waals surface area contributed by atoms with E-state index in [2.05, 4.69) is 0 Å². The fourth-order valence-corrected chi connectivity index (χ4v) is 2.34. The van der Waals surface area contributed by atoms with Gasteiger partial charge in [0.1, 0.15) is 0 Å². The molecule has 2 rings (SSSR count). The normalized spacial score (nSPS) is 10.2. The zero-order chi connectivity index (χ0) is 18.0. The van der Waals surface area contributed by atoms with Gasteiger partial charge in [0.05, 0.1) is 26.5 Å². The number of benzene rings is 2. The lowest BCUT2D eigenvalue weighted by Crippen LogP contribution is -2.21. The Balaban J connectivity index is 2.93. The number of rotatable bonds is 5. The number of nitro benzene ring substituents is 2. The standard InChI is InChI=1S/C14H10N4O6/c15-13(19)9-5-1-3-7(11(9)14(16)20)8-4-2-6-10(17(21)22)12(8)18(23)24/h1-6H,(H2,15,19)(H2,16,20). The van der Waals surface area contributed by atoms with Crippen LogP contribution in [-0.2, 0) is 0 Å². The quantitative estimate of drug-likeness (QED) is 0.618. The fraction of sp³-hybridized carbons (Fsp3) is 0. The molecule has 2 amide bonds. The van der Waals surface area contributed by atoms with Crippen LogP contribution in [0.2, 0.25) is 0 Å². The van der Waals surface area contributed by atoms with E-state index in [0.717, 1.165) is 6.07 Å². The number of nitro groups is 2. The maximum atomic E-state index is 11.7. The number of para-hydroxylation sites is 1. The van der Waals surface area contributed by atoms with Crippen LogP contribution in [0.15, 0.2) is 36.4 Å². The van der Waals surface area contributed by atoms with Crippen molar-refractivity contribution in [3.8, 4) is 11.1 Å². The molecule has 0 aromatic heterocycles. The molecule has 0 atom stereocenters. The van der Waals surface area contributed by atoms with Gasteiger partial charge in [0.2, 0.25) is 11.8 Å². The summed E-state index contributed by atoms with van der Waals surface area (Å²) in [6.07, 6.45) is 0. The first-order chi connectivity index (χ1) is 11.3. The Labute approximate surface area is 134 Å². The minimum Gasteiger partial charge on any atom is -0.366 e. The van der Waals surface area contributed by atoms with Crippen molar-refractivity contribution in [1.82, 2.24) is 0 Å². The number of carbonyl (C=O) groups is 2. The molecule has 0 aliphatic rings. The zero-order valence-electron chi connectivity index (χ0n) is 12.0. The average Bonchev–Trinajstić information content (AvgIpc) is 2.52. The van der Waals surface area contributed by atoms with Crippen molar-refractivity contribution in [2.45, 2.75) is 0 Å². The van der Waals surface area contributed by atoms with Gasteiger partial charge in [-0.05, 0) is 12.1 Å². The summed E-state index contributed by atoms with van der Waals surface area (Å²) in [6.45, 7) is 0. The maximum absolute atomic E-state index is 11.7. The highest BCUT2D eigenvalue weighted by Crippen LogP contribution is 2.39. The van der Waals surface area contributed by atoms with Gasteiger partial charge in [-0.25, -0.2) is 0 Å². The minimum absolute atomic E-state index is 0.0887. The van der Waals surface area contributed by atoms with Gasteiger partial charge in [-0.1, -0.05) is 18.2 Å². The third-order valence-electron chi connectivity index (χ3n) is 3.26. The van der Waals surface area contributed by atoms with Crippen LogP contribution in [0.4, 0.5) is 11.4 Å². The maximum Gasteiger partial charge on any atom is 0.353 e. The van der Waals surface area contributed by atoms with Crippen LogP contribution < -0.4 is 11.5 Å². The predicted molar refractivity (Wildman–Crippen MR) is 82.2 cm³/mol. The molecule has 2 aromatic carbocycles. The molecule has 2 aromatic rings. The number of nitrogens with two attached hydrogens (primary N) is 2. The molecule has 0 fully saturated rings. The molecule has 0 aliphatic carbocycles. The largest absolute Gasteiger partial charge is 0.366 e. The summed E-state index contributed by atoms with van der Waals surface area (Å²) in [6, 6.07) is 7.27. The second-order valence-corrected chi connectivity index (χ2v) is 4.64. The molecule has 0 saturated carbocycles. The van der Waals surface area contributed by atoms with Crippen molar-refractivity contribution in [2.24, 2.45) is 11.5 Å². The second-order valence-electron chi connectivity index (χ2n) is 4.64. The van der Waals surface area contributed by atoms with E-state index in [9.17, 15) is 29.8 Å². The number of hydrogen-bond donors (Lipinski definition) is 2. The monoisotopic (exact) mass is 330 g/mol. The fourth-order valence-electron chi connectivity index (χ4n) is 2.34. The lowest BCUT2D eigenvalue weighted by molar-refractivity contribution is -0.422. The molecular formula is C14H10N4O6. The Bertz CT molecular complexity index is 819. The summed E-state index contributed by atoms with van der Waals surface area (Å²) < 4.78 is 0. The topological polar surface area (TPSA) is 172 Å². The highest BCUT2D eigenvalue weighted by molar-refractivity contribution is 6.11. The smallest absolute Gasteiger partial charge is 0.353 e. The van der Waals surface area contributed by atoms with E-state index >= 15 is 0 Å². The van der Waals surface area contributed by atoms with Gasteiger partial charge in [-0.2, -0.15) is 0 Å². The summed E-state index contributed by atoms with van der Waals surface area (Å²) in [5.74, 6) is -2.00. The highest BCUT2D eigenvalue weighted by Gasteiger charge is 2.31. The lowest BCUT2D eigenvalue weighted by atomic mass is 9.93. The predicted octanol–water partition coefficient (Wildman–Crippen LogP) is 1.37. The van der Waals surface area contributed by atoms with Crippen LogP contribution in [0.25, 0.3) is 11.1 Å². The van der Waals surface area contributed by atoms with E-state index in [1.54, 1.807) is 0 Å². The molecular weight excluding hydrogens is 320 g/mol. The summed E-state index contributed by atoms with van der Waals surface area (Å²) in [5, 5.41) is 22.4. The zero-order valence-corrected chi connectivity index (χ0v) is 12.0. The second kappa shape index (κ2) is 6.12. The molecule has 10 heteroatoms. The number of primary amides is 2. The molecule has 0 aliphatic heterocycles. The van der Waals surface area contributed by atoms with Gasteiger partial charge in [0.25, 0.3) is 0 Å². The molecule has 0 heterocycles. The molecule has 24 heavy (non-hydrogen) atoms. The lowest BCUT2D eigenvalue weighted by Gasteiger charge is -2.11. The van der Waals surface area contributed by atoms with Crippen LogP contribution in [0, 0.1) is 20.2 Å². The van der Waals surface area contributed by atoms with E-state index in [-0.39, 0.29) is 22.3 Å². The first-order valence-corrected chi connectivity index (χ1v) is 6.40. The van der Waals surface area contributed by atoms with Crippen LogP contribution in [-0.4, -0.2) is 21.7 Å². The Kier molecular flexibility index (Phi) is 4.22. The van der Waals surface area contributed by atoms with Crippen LogP contribution in [0.1, 0.15) is 20.7 Å². The molecule has 10 nitrogen and oxygen atoms in total. The number of carbonyl (C=O) groups excluding carboxylic acids is 2. The number of hydrogen-bond acceptors (Lipinski definition) is 6. The summed E-state index contributed by atoms with van der Waals surface area (Å²) in [4.78, 5) is 43.7. The highest BCUT2D eigenvalue weighted by atomic mass is 16.6. The van der Waals surface area contributed by atoms with Gasteiger partial charge in [-0.3, -0.25) is 29.8 Å². The molecule has 122 valence electrons. The third kappa shape index (κ3) is 2.75. The van der Waals surface area contributed by atoms with E-state index in [4.69, 9.17) is 11.5 Å². The Morgan fingerprint density at radius 2 is 1.42 bits per heavy atom. The van der Waals surface area contributed by atoms with E-state index in [1.807, 2.05) is 0 Å². The molecule has 0 unspecified atom stereocenters. The van der Waals surface area contributed by atoms with E-state index in [0.29, 0.717) is 0 Å². The van der Waals surface area contributed by atoms with Crippen LogP contribution in [0.3, 0.4) is 0 Å². The third-order valence-corrected chi connectivity index (χ3v) is 3.26. The van der Waals surface area contributed by atoms with Crippen molar-refractivity contribution in [3.05, 3.63) is 67.8 Å². The minimum atomic E-state index is -1.04. The Morgan fingerprint density at radius 1 is 0.833 bits per heavy atom. The van der Waals surface area contributed by atoms with Gasteiger partial charge in [0.15, 0.2) is 0 Å². The van der Waals surface area contributed by atoms with Crippen LogP contribution >= 0.6 is 0 Å². The first kappa shape index (κ1) is 16.5.